The van der Waals surface area contributed by atoms with Crippen LogP contribution in [0.15, 0.2) is 0 Å². The third-order valence-corrected chi connectivity index (χ3v) is 4.67. The van der Waals surface area contributed by atoms with Gasteiger partial charge < -0.3 is 37.9 Å². The Balaban J connectivity index is 1.35. The number of ether oxygens (including phenoxy) is 8. The van der Waals surface area contributed by atoms with Crippen molar-refractivity contribution in [2.75, 3.05) is 33.0 Å². The van der Waals surface area contributed by atoms with Crippen molar-refractivity contribution in [2.45, 2.75) is 76.1 Å². The van der Waals surface area contributed by atoms with Gasteiger partial charge in [0.2, 0.25) is 0 Å². The maximum absolute atomic E-state index is 6.08. The lowest BCUT2D eigenvalue weighted by Crippen LogP contribution is -2.44. The van der Waals surface area contributed by atoms with Gasteiger partial charge in [-0.1, -0.05) is 0 Å². The highest BCUT2D eigenvalue weighted by molar-refractivity contribution is 4.98. The molecule has 6 atom stereocenters. The Kier molecular flexibility index (Phi) is 4.83. The van der Waals surface area contributed by atoms with Crippen molar-refractivity contribution in [3.05, 3.63) is 0 Å². The Labute approximate surface area is 147 Å². The minimum Gasteiger partial charge on any atom is -0.376 e. The average molecular weight is 360 g/mol. The standard InChI is InChI=1S/C17H28O8/c1-16(2)21-9-11(23-16)12-13(19-6-5-18-7-10-8-20-10)14-15(22-12)25-17(3,4)24-14/h10-15H,5-9H2,1-4H3/t10?,11-,12-,13-,14-,15-/m1/s1. The summed E-state index contributed by atoms with van der Waals surface area (Å²) in [5, 5.41) is 0. The summed E-state index contributed by atoms with van der Waals surface area (Å²) in [6.45, 7) is 10.3. The minimum absolute atomic E-state index is 0.221. The molecule has 144 valence electrons. The predicted molar refractivity (Wildman–Crippen MR) is 83.9 cm³/mol. The van der Waals surface area contributed by atoms with Crippen LogP contribution in [0, 0.1) is 0 Å². The predicted octanol–water partition coefficient (Wildman–Crippen LogP) is 0.815. The van der Waals surface area contributed by atoms with Crippen molar-refractivity contribution in [3.8, 4) is 0 Å². The highest BCUT2D eigenvalue weighted by Crippen LogP contribution is 2.41. The maximum atomic E-state index is 6.08. The van der Waals surface area contributed by atoms with Gasteiger partial charge in [-0.25, -0.2) is 0 Å². The van der Waals surface area contributed by atoms with Crippen LogP contribution >= 0.6 is 0 Å². The van der Waals surface area contributed by atoms with Gasteiger partial charge in [0.15, 0.2) is 17.9 Å². The molecule has 25 heavy (non-hydrogen) atoms. The van der Waals surface area contributed by atoms with Crippen molar-refractivity contribution < 1.29 is 37.9 Å². The Bertz CT molecular complexity index is 477. The van der Waals surface area contributed by atoms with Crippen LogP contribution in [0.3, 0.4) is 0 Å². The van der Waals surface area contributed by atoms with Crippen molar-refractivity contribution in [3.63, 3.8) is 0 Å². The first-order valence-corrected chi connectivity index (χ1v) is 8.97. The molecule has 0 N–H and O–H groups in total. The first-order chi connectivity index (χ1) is 11.8. The summed E-state index contributed by atoms with van der Waals surface area (Å²) in [7, 11) is 0. The molecule has 4 fully saturated rings. The molecule has 0 aromatic heterocycles. The number of hydrogen-bond acceptors (Lipinski definition) is 8. The van der Waals surface area contributed by atoms with Crippen molar-refractivity contribution in [1.29, 1.82) is 0 Å². The lowest BCUT2D eigenvalue weighted by Gasteiger charge is -2.29. The molecule has 0 spiro atoms. The highest BCUT2D eigenvalue weighted by atomic mass is 16.8. The molecule has 4 saturated heterocycles. The topological polar surface area (TPSA) is 77.1 Å². The lowest BCUT2D eigenvalue weighted by atomic mass is 10.1. The van der Waals surface area contributed by atoms with E-state index in [1.165, 1.54) is 0 Å². The summed E-state index contributed by atoms with van der Waals surface area (Å²) in [6, 6.07) is 0. The Morgan fingerprint density at radius 3 is 2.40 bits per heavy atom. The van der Waals surface area contributed by atoms with E-state index in [1.54, 1.807) is 0 Å². The quantitative estimate of drug-likeness (QED) is 0.488. The molecule has 8 heteroatoms. The van der Waals surface area contributed by atoms with E-state index in [1.807, 2.05) is 27.7 Å². The molecule has 0 aromatic carbocycles. The van der Waals surface area contributed by atoms with Gasteiger partial charge in [-0.3, -0.25) is 0 Å². The van der Waals surface area contributed by atoms with Crippen LogP contribution in [-0.4, -0.2) is 81.4 Å². The van der Waals surface area contributed by atoms with Gasteiger partial charge in [-0.15, -0.1) is 0 Å². The first kappa shape index (κ1) is 18.1. The van der Waals surface area contributed by atoms with Gasteiger partial charge in [0.05, 0.1) is 33.0 Å². The second-order valence-corrected chi connectivity index (χ2v) is 7.80. The van der Waals surface area contributed by atoms with E-state index in [2.05, 4.69) is 0 Å². The monoisotopic (exact) mass is 360 g/mol. The van der Waals surface area contributed by atoms with E-state index in [4.69, 9.17) is 37.9 Å². The molecule has 4 aliphatic rings. The third kappa shape index (κ3) is 4.17. The Morgan fingerprint density at radius 2 is 1.72 bits per heavy atom. The van der Waals surface area contributed by atoms with Crippen LogP contribution in [0.25, 0.3) is 0 Å². The first-order valence-electron chi connectivity index (χ1n) is 8.97. The lowest BCUT2D eigenvalue weighted by molar-refractivity contribution is -0.236. The number of hydrogen-bond donors (Lipinski definition) is 0. The van der Waals surface area contributed by atoms with Crippen LogP contribution in [-0.2, 0) is 37.9 Å². The number of epoxide rings is 1. The molecule has 4 heterocycles. The molecule has 0 amide bonds. The molecular weight excluding hydrogens is 332 g/mol. The molecule has 4 rings (SSSR count). The van der Waals surface area contributed by atoms with E-state index < -0.39 is 17.9 Å². The van der Waals surface area contributed by atoms with Gasteiger partial charge in [0.25, 0.3) is 0 Å². The zero-order valence-electron chi connectivity index (χ0n) is 15.3. The van der Waals surface area contributed by atoms with E-state index >= 15 is 0 Å². The summed E-state index contributed by atoms with van der Waals surface area (Å²) >= 11 is 0. The fraction of sp³-hybridized carbons (Fsp3) is 1.00. The van der Waals surface area contributed by atoms with E-state index in [0.717, 1.165) is 6.61 Å². The minimum atomic E-state index is -0.686. The van der Waals surface area contributed by atoms with Gasteiger partial charge in [0, 0.05) is 0 Å². The molecule has 1 unspecified atom stereocenters. The van der Waals surface area contributed by atoms with Crippen LogP contribution in [0.4, 0.5) is 0 Å². The molecule has 0 radical (unpaired) electrons. The fourth-order valence-electron chi connectivity index (χ4n) is 3.49. The second kappa shape index (κ2) is 6.69. The summed E-state index contributed by atoms with van der Waals surface area (Å²) < 4.78 is 46.3. The summed E-state index contributed by atoms with van der Waals surface area (Å²) in [4.78, 5) is 0. The van der Waals surface area contributed by atoms with Crippen LogP contribution in [0.5, 0.6) is 0 Å². The smallest absolute Gasteiger partial charge is 0.190 e. The van der Waals surface area contributed by atoms with E-state index in [-0.39, 0.29) is 30.5 Å². The summed E-state index contributed by atoms with van der Waals surface area (Å²) in [6.07, 6.45) is -1.32. The van der Waals surface area contributed by atoms with Gasteiger partial charge in [0.1, 0.15) is 30.5 Å². The second-order valence-electron chi connectivity index (χ2n) is 7.80. The van der Waals surface area contributed by atoms with Crippen molar-refractivity contribution >= 4 is 0 Å². The molecular formula is C17H28O8. The van der Waals surface area contributed by atoms with E-state index in [9.17, 15) is 0 Å². The zero-order valence-corrected chi connectivity index (χ0v) is 15.3. The van der Waals surface area contributed by atoms with E-state index in [0.29, 0.717) is 26.4 Å². The van der Waals surface area contributed by atoms with Gasteiger partial charge >= 0.3 is 0 Å². The molecule has 0 aromatic rings. The van der Waals surface area contributed by atoms with Gasteiger partial charge in [-0.2, -0.15) is 0 Å². The van der Waals surface area contributed by atoms with Crippen molar-refractivity contribution in [1.82, 2.24) is 0 Å². The normalized spacial score (nSPS) is 44.2. The molecule has 8 nitrogen and oxygen atoms in total. The maximum Gasteiger partial charge on any atom is 0.190 e. The fourth-order valence-corrected chi connectivity index (χ4v) is 3.49. The van der Waals surface area contributed by atoms with Crippen LogP contribution in [0.1, 0.15) is 27.7 Å². The zero-order chi connectivity index (χ0) is 17.7. The Morgan fingerprint density at radius 1 is 0.920 bits per heavy atom. The molecule has 4 aliphatic heterocycles. The highest BCUT2D eigenvalue weighted by Gasteiger charge is 2.58. The van der Waals surface area contributed by atoms with Crippen LogP contribution < -0.4 is 0 Å². The Hall–Kier alpha value is -0.320. The molecule has 0 bridgehead atoms. The average Bonchev–Trinajstić information content (AvgIpc) is 3.10. The number of fused-ring (bicyclic) bond motifs is 1. The largest absolute Gasteiger partial charge is 0.376 e. The van der Waals surface area contributed by atoms with Crippen molar-refractivity contribution in [2.24, 2.45) is 0 Å². The van der Waals surface area contributed by atoms with Crippen LogP contribution in [0.2, 0.25) is 0 Å². The number of rotatable bonds is 7. The SMILES string of the molecule is CC1(C)O[C@H]2O[C@H]([C@H]3COC(C)(C)O3)[C@@H](OCCOCC3CO3)[C@H]2O1. The molecule has 0 saturated carbocycles. The molecule has 0 aliphatic carbocycles. The van der Waals surface area contributed by atoms with Gasteiger partial charge in [-0.05, 0) is 27.7 Å². The summed E-state index contributed by atoms with van der Waals surface area (Å²) in [5.41, 5.74) is 0. The third-order valence-electron chi connectivity index (χ3n) is 4.67. The summed E-state index contributed by atoms with van der Waals surface area (Å²) in [5.74, 6) is -1.31.